The van der Waals surface area contributed by atoms with Crippen molar-refractivity contribution in [3.05, 3.63) is 18.9 Å². The molecule has 0 bridgehead atoms. The Morgan fingerprint density at radius 1 is 1.39 bits per heavy atom. The van der Waals surface area contributed by atoms with Gasteiger partial charge in [0, 0.05) is 32.7 Å². The fraction of sp³-hybridized carbons (Fsp3) is 0.455. The first-order valence-corrected chi connectivity index (χ1v) is 5.82. The number of rotatable bonds is 5. The van der Waals surface area contributed by atoms with Gasteiger partial charge in [-0.25, -0.2) is 0 Å². The summed E-state index contributed by atoms with van der Waals surface area (Å²) in [5, 5.41) is 11.0. The maximum absolute atomic E-state index is 10.6. The van der Waals surface area contributed by atoms with E-state index in [0.717, 1.165) is 19.5 Å². The molecular formula is C11H16N6O. The molecule has 1 aliphatic heterocycles. The predicted octanol–water partition coefficient (Wildman–Crippen LogP) is -0.252. The molecule has 1 fully saturated rings. The average Bonchev–Trinajstić information content (AvgIpc) is 2.45. The molecule has 0 radical (unpaired) electrons. The van der Waals surface area contributed by atoms with E-state index in [4.69, 9.17) is 0 Å². The summed E-state index contributed by atoms with van der Waals surface area (Å²) in [6.45, 7) is 7.10. The number of amides is 1. The molecule has 0 unspecified atom stereocenters. The molecule has 0 saturated carbocycles. The molecule has 7 nitrogen and oxygen atoms in total. The second-order valence-electron chi connectivity index (χ2n) is 3.94. The highest BCUT2D eigenvalue weighted by atomic mass is 16.1. The minimum atomic E-state index is 0.592. The lowest BCUT2D eigenvalue weighted by atomic mass is 10.3. The monoisotopic (exact) mass is 248 g/mol. The van der Waals surface area contributed by atoms with E-state index in [1.54, 1.807) is 17.2 Å². The fourth-order valence-corrected chi connectivity index (χ4v) is 1.72. The summed E-state index contributed by atoms with van der Waals surface area (Å²) in [6, 6.07) is 0. The van der Waals surface area contributed by atoms with Gasteiger partial charge in [0.25, 0.3) is 0 Å². The van der Waals surface area contributed by atoms with Gasteiger partial charge in [-0.05, 0) is 0 Å². The van der Waals surface area contributed by atoms with Crippen LogP contribution < -0.4 is 10.2 Å². The molecule has 96 valence electrons. The van der Waals surface area contributed by atoms with E-state index in [0.29, 0.717) is 31.4 Å². The van der Waals surface area contributed by atoms with Crippen LogP contribution in [0.25, 0.3) is 0 Å². The van der Waals surface area contributed by atoms with Crippen LogP contribution in [0, 0.1) is 0 Å². The minimum absolute atomic E-state index is 0.592. The van der Waals surface area contributed by atoms with Crippen LogP contribution in [0.5, 0.6) is 0 Å². The van der Waals surface area contributed by atoms with Gasteiger partial charge in [-0.3, -0.25) is 4.79 Å². The van der Waals surface area contributed by atoms with Crippen molar-refractivity contribution >= 4 is 18.2 Å². The molecule has 0 aromatic carbocycles. The van der Waals surface area contributed by atoms with E-state index in [9.17, 15) is 4.79 Å². The van der Waals surface area contributed by atoms with Crippen LogP contribution in [-0.2, 0) is 4.79 Å². The molecule has 1 aromatic rings. The van der Waals surface area contributed by atoms with Gasteiger partial charge in [-0.2, -0.15) is 10.1 Å². The van der Waals surface area contributed by atoms with Crippen LogP contribution in [0.2, 0.25) is 0 Å². The highest BCUT2D eigenvalue weighted by Gasteiger charge is 2.18. The first-order chi connectivity index (χ1) is 8.83. The molecule has 0 atom stereocenters. The molecule has 1 N–H and O–H groups in total. The number of nitrogens with zero attached hydrogens (tertiary/aromatic N) is 5. The lowest BCUT2D eigenvalue weighted by molar-refractivity contribution is -0.118. The van der Waals surface area contributed by atoms with Crippen molar-refractivity contribution in [2.24, 2.45) is 0 Å². The minimum Gasteiger partial charge on any atom is -0.365 e. The van der Waals surface area contributed by atoms with Crippen molar-refractivity contribution in [3.63, 3.8) is 0 Å². The largest absolute Gasteiger partial charge is 0.365 e. The summed E-state index contributed by atoms with van der Waals surface area (Å²) in [6.07, 6.45) is 4.21. The van der Waals surface area contributed by atoms with Crippen LogP contribution in [0.3, 0.4) is 0 Å². The van der Waals surface area contributed by atoms with E-state index < -0.39 is 0 Å². The first-order valence-electron chi connectivity index (χ1n) is 5.82. The molecule has 0 spiro atoms. The standard InChI is InChI=1S/C11H16N6O/c1-2-3-12-10-8-13-15-11(14-10)17-6-4-16(9-18)5-7-17/h2,8-9H,1,3-7H2,(H,12,14,15). The SMILES string of the molecule is C=CCNc1cnnc(N2CCN(C=O)CC2)n1. The molecule has 2 rings (SSSR count). The summed E-state index contributed by atoms with van der Waals surface area (Å²) < 4.78 is 0. The highest BCUT2D eigenvalue weighted by molar-refractivity contribution is 5.48. The number of hydrogen-bond donors (Lipinski definition) is 1. The third kappa shape index (κ3) is 2.93. The van der Waals surface area contributed by atoms with Gasteiger partial charge in [0.15, 0.2) is 5.82 Å². The van der Waals surface area contributed by atoms with Crippen LogP contribution in [0.1, 0.15) is 0 Å². The second kappa shape index (κ2) is 5.95. The third-order valence-electron chi connectivity index (χ3n) is 2.72. The number of carbonyl (C=O) groups excluding carboxylic acids is 1. The Kier molecular flexibility index (Phi) is 4.06. The lowest BCUT2D eigenvalue weighted by Gasteiger charge is -2.32. The van der Waals surface area contributed by atoms with Crippen LogP contribution in [0.4, 0.5) is 11.8 Å². The van der Waals surface area contributed by atoms with E-state index in [-0.39, 0.29) is 0 Å². The lowest BCUT2D eigenvalue weighted by Crippen LogP contribution is -2.46. The highest BCUT2D eigenvalue weighted by Crippen LogP contribution is 2.11. The summed E-state index contributed by atoms with van der Waals surface area (Å²) in [7, 11) is 0. The van der Waals surface area contributed by atoms with E-state index in [1.807, 2.05) is 4.90 Å². The number of nitrogens with one attached hydrogen (secondary N) is 1. The van der Waals surface area contributed by atoms with Gasteiger partial charge in [0.2, 0.25) is 12.4 Å². The molecule has 7 heteroatoms. The smallest absolute Gasteiger partial charge is 0.247 e. The summed E-state index contributed by atoms with van der Waals surface area (Å²) in [4.78, 5) is 18.8. The third-order valence-corrected chi connectivity index (χ3v) is 2.72. The predicted molar refractivity (Wildman–Crippen MR) is 68.4 cm³/mol. The van der Waals surface area contributed by atoms with Crippen molar-refractivity contribution in [2.75, 3.05) is 42.9 Å². The van der Waals surface area contributed by atoms with Crippen LogP contribution >= 0.6 is 0 Å². The topological polar surface area (TPSA) is 74.2 Å². The van der Waals surface area contributed by atoms with Gasteiger partial charge in [-0.1, -0.05) is 6.08 Å². The Bertz CT molecular complexity index is 416. The first kappa shape index (κ1) is 12.3. The molecule has 1 aliphatic rings. The second-order valence-corrected chi connectivity index (χ2v) is 3.94. The number of anilines is 2. The van der Waals surface area contributed by atoms with E-state index in [2.05, 4.69) is 27.1 Å². The summed E-state index contributed by atoms with van der Waals surface area (Å²) >= 11 is 0. The molecule has 1 aromatic heterocycles. The molecular weight excluding hydrogens is 232 g/mol. The van der Waals surface area contributed by atoms with Crippen LogP contribution in [0.15, 0.2) is 18.9 Å². The zero-order valence-corrected chi connectivity index (χ0v) is 10.1. The summed E-state index contributed by atoms with van der Waals surface area (Å²) in [5.41, 5.74) is 0. The maximum Gasteiger partial charge on any atom is 0.247 e. The number of hydrogen-bond acceptors (Lipinski definition) is 6. The Morgan fingerprint density at radius 2 is 2.17 bits per heavy atom. The molecule has 1 amide bonds. The Balaban J connectivity index is 2.00. The van der Waals surface area contributed by atoms with Crippen molar-refractivity contribution in [2.45, 2.75) is 0 Å². The Morgan fingerprint density at radius 3 is 2.83 bits per heavy atom. The average molecular weight is 248 g/mol. The fourth-order valence-electron chi connectivity index (χ4n) is 1.72. The van der Waals surface area contributed by atoms with E-state index in [1.165, 1.54) is 0 Å². The van der Waals surface area contributed by atoms with Crippen molar-refractivity contribution in [1.29, 1.82) is 0 Å². The number of aromatic nitrogens is 3. The molecule has 1 saturated heterocycles. The zero-order chi connectivity index (χ0) is 12.8. The quantitative estimate of drug-likeness (QED) is 0.572. The van der Waals surface area contributed by atoms with Gasteiger partial charge >= 0.3 is 0 Å². The van der Waals surface area contributed by atoms with E-state index >= 15 is 0 Å². The van der Waals surface area contributed by atoms with Gasteiger partial charge in [-0.15, -0.1) is 11.7 Å². The number of carbonyl (C=O) groups is 1. The van der Waals surface area contributed by atoms with Crippen LogP contribution in [-0.4, -0.2) is 59.2 Å². The normalized spacial score (nSPS) is 15.3. The molecule has 0 aliphatic carbocycles. The maximum atomic E-state index is 10.6. The number of piperazine rings is 1. The zero-order valence-electron chi connectivity index (χ0n) is 10.1. The van der Waals surface area contributed by atoms with Gasteiger partial charge in [0.1, 0.15) is 0 Å². The van der Waals surface area contributed by atoms with Gasteiger partial charge in [0.05, 0.1) is 6.20 Å². The van der Waals surface area contributed by atoms with Crippen molar-refractivity contribution < 1.29 is 4.79 Å². The summed E-state index contributed by atoms with van der Waals surface area (Å²) in [5.74, 6) is 1.27. The Hall–Kier alpha value is -2.18. The Labute approximate surface area is 106 Å². The van der Waals surface area contributed by atoms with Gasteiger partial charge < -0.3 is 15.1 Å². The van der Waals surface area contributed by atoms with Crippen molar-refractivity contribution in [3.8, 4) is 0 Å². The molecule has 2 heterocycles. The molecule has 18 heavy (non-hydrogen) atoms. The van der Waals surface area contributed by atoms with Crippen molar-refractivity contribution in [1.82, 2.24) is 20.1 Å².